The summed E-state index contributed by atoms with van der Waals surface area (Å²) in [6.45, 7) is 5.87. The van der Waals surface area contributed by atoms with Crippen molar-refractivity contribution in [3.63, 3.8) is 0 Å². The summed E-state index contributed by atoms with van der Waals surface area (Å²) in [6.07, 6.45) is 1.75. The maximum atomic E-state index is 13.7. The molecule has 2 heterocycles. The van der Waals surface area contributed by atoms with Crippen LogP contribution in [-0.2, 0) is 20.9 Å². The fourth-order valence-corrected chi connectivity index (χ4v) is 3.74. The van der Waals surface area contributed by atoms with Crippen LogP contribution in [0, 0.1) is 11.7 Å². The van der Waals surface area contributed by atoms with Crippen molar-refractivity contribution in [1.82, 2.24) is 15.1 Å². The molecular weight excluding hydrogens is 349 g/mol. The molecule has 2 saturated heterocycles. The van der Waals surface area contributed by atoms with Crippen molar-refractivity contribution in [1.29, 1.82) is 0 Å². The van der Waals surface area contributed by atoms with E-state index in [2.05, 4.69) is 10.2 Å². The zero-order valence-electron chi connectivity index (χ0n) is 15.8. The van der Waals surface area contributed by atoms with Crippen LogP contribution in [0.1, 0.15) is 25.3 Å². The number of amides is 2. The normalized spacial score (nSPS) is 22.3. The Morgan fingerprint density at radius 2 is 2.00 bits per heavy atom. The highest BCUT2D eigenvalue weighted by Gasteiger charge is 2.33. The lowest BCUT2D eigenvalue weighted by atomic mass is 9.95. The topological polar surface area (TPSA) is 61.9 Å². The molecule has 6 nitrogen and oxygen atoms in total. The summed E-state index contributed by atoms with van der Waals surface area (Å²) in [6, 6.07) is 6.08. The number of hydrogen-bond donors (Lipinski definition) is 1. The molecule has 2 atom stereocenters. The highest BCUT2D eigenvalue weighted by atomic mass is 19.1. The van der Waals surface area contributed by atoms with Gasteiger partial charge in [0.05, 0.1) is 25.2 Å². The summed E-state index contributed by atoms with van der Waals surface area (Å²) in [5, 5.41) is 2.81. The smallest absolute Gasteiger partial charge is 0.237 e. The average molecular weight is 377 g/mol. The maximum Gasteiger partial charge on any atom is 0.237 e. The number of ether oxygens (including phenoxy) is 1. The highest BCUT2D eigenvalue weighted by Crippen LogP contribution is 2.21. The molecule has 2 amide bonds. The second kappa shape index (κ2) is 9.28. The molecular formula is C20H28FN3O3. The van der Waals surface area contributed by atoms with Crippen molar-refractivity contribution in [3.05, 3.63) is 35.6 Å². The van der Waals surface area contributed by atoms with E-state index in [-0.39, 0.29) is 36.1 Å². The van der Waals surface area contributed by atoms with Crippen LogP contribution in [0.3, 0.4) is 0 Å². The van der Waals surface area contributed by atoms with Crippen LogP contribution in [-0.4, -0.2) is 67.0 Å². The van der Waals surface area contributed by atoms with Gasteiger partial charge in [-0.05, 0) is 32.4 Å². The van der Waals surface area contributed by atoms with E-state index in [0.29, 0.717) is 38.4 Å². The van der Waals surface area contributed by atoms with Crippen molar-refractivity contribution >= 4 is 11.8 Å². The van der Waals surface area contributed by atoms with Gasteiger partial charge in [-0.1, -0.05) is 18.2 Å². The Morgan fingerprint density at radius 1 is 1.26 bits per heavy atom. The quantitative estimate of drug-likeness (QED) is 0.843. The van der Waals surface area contributed by atoms with Crippen LogP contribution in [0.2, 0.25) is 0 Å². The van der Waals surface area contributed by atoms with E-state index in [0.717, 1.165) is 19.4 Å². The Morgan fingerprint density at radius 3 is 2.74 bits per heavy atom. The van der Waals surface area contributed by atoms with Crippen molar-refractivity contribution < 1.29 is 18.7 Å². The number of morpholine rings is 1. The van der Waals surface area contributed by atoms with Gasteiger partial charge in [-0.15, -0.1) is 0 Å². The van der Waals surface area contributed by atoms with Crippen LogP contribution in [0.4, 0.5) is 4.39 Å². The fourth-order valence-electron chi connectivity index (χ4n) is 3.74. The highest BCUT2D eigenvalue weighted by molar-refractivity contribution is 5.82. The second-order valence-electron chi connectivity index (χ2n) is 7.26. The van der Waals surface area contributed by atoms with Gasteiger partial charge in [-0.25, -0.2) is 4.39 Å². The molecule has 0 aromatic heterocycles. The Kier molecular flexibility index (Phi) is 6.79. The summed E-state index contributed by atoms with van der Waals surface area (Å²) in [4.78, 5) is 29.2. The standard InChI is InChI=1S/C20H28FN3O3/c1-15(19(25)22-13-16-5-2-3-7-18(16)21)24-8-4-6-17(14-24)20(26)23-9-11-27-12-10-23/h2-3,5,7,15,17H,4,6,8-14H2,1H3,(H,22,25). The number of nitrogens with one attached hydrogen (secondary N) is 1. The lowest BCUT2D eigenvalue weighted by molar-refractivity contribution is -0.142. The molecule has 0 aliphatic carbocycles. The van der Waals surface area contributed by atoms with Crippen LogP contribution in [0.15, 0.2) is 24.3 Å². The van der Waals surface area contributed by atoms with Gasteiger partial charge < -0.3 is 15.0 Å². The predicted octanol–water partition coefficient (Wildman–Crippen LogP) is 1.40. The number of carbonyl (C=O) groups is 2. The monoisotopic (exact) mass is 377 g/mol. The Balaban J connectivity index is 1.52. The number of likely N-dealkylation sites (tertiary alicyclic amines) is 1. The van der Waals surface area contributed by atoms with Gasteiger partial charge in [-0.2, -0.15) is 0 Å². The Hall–Kier alpha value is -1.99. The van der Waals surface area contributed by atoms with Crippen LogP contribution in [0.25, 0.3) is 0 Å². The number of benzene rings is 1. The molecule has 148 valence electrons. The van der Waals surface area contributed by atoms with Gasteiger partial charge in [0.15, 0.2) is 0 Å². The van der Waals surface area contributed by atoms with Gasteiger partial charge in [-0.3, -0.25) is 14.5 Å². The van der Waals surface area contributed by atoms with E-state index in [1.54, 1.807) is 18.2 Å². The fraction of sp³-hybridized carbons (Fsp3) is 0.600. The number of piperidine rings is 1. The maximum absolute atomic E-state index is 13.7. The molecule has 0 bridgehead atoms. The molecule has 2 aliphatic rings. The Bertz CT molecular complexity index is 664. The van der Waals surface area contributed by atoms with Crippen LogP contribution in [0.5, 0.6) is 0 Å². The summed E-state index contributed by atoms with van der Waals surface area (Å²) < 4.78 is 19.0. The summed E-state index contributed by atoms with van der Waals surface area (Å²) in [5.41, 5.74) is 0.470. The molecule has 0 radical (unpaired) electrons. The van der Waals surface area contributed by atoms with Crippen LogP contribution < -0.4 is 5.32 Å². The molecule has 7 heteroatoms. The van der Waals surface area contributed by atoms with E-state index in [4.69, 9.17) is 4.74 Å². The molecule has 1 N–H and O–H groups in total. The summed E-state index contributed by atoms with van der Waals surface area (Å²) in [7, 11) is 0. The number of hydrogen-bond acceptors (Lipinski definition) is 4. The van der Waals surface area contributed by atoms with Gasteiger partial charge in [0.2, 0.25) is 11.8 Å². The number of carbonyl (C=O) groups excluding carboxylic acids is 2. The van der Waals surface area contributed by atoms with Gasteiger partial charge in [0.25, 0.3) is 0 Å². The third kappa shape index (κ3) is 5.05. The van der Waals surface area contributed by atoms with Gasteiger partial charge in [0.1, 0.15) is 5.82 Å². The first-order valence-corrected chi connectivity index (χ1v) is 9.68. The zero-order chi connectivity index (χ0) is 19.2. The van der Waals surface area contributed by atoms with Crippen molar-refractivity contribution in [3.8, 4) is 0 Å². The first kappa shape index (κ1) is 19.8. The lowest BCUT2D eigenvalue weighted by Gasteiger charge is -2.38. The molecule has 2 unspecified atom stereocenters. The molecule has 1 aromatic rings. The summed E-state index contributed by atoms with van der Waals surface area (Å²) >= 11 is 0. The number of nitrogens with zero attached hydrogens (tertiary/aromatic N) is 2. The molecule has 2 fully saturated rings. The number of halogens is 1. The second-order valence-corrected chi connectivity index (χ2v) is 7.26. The first-order chi connectivity index (χ1) is 13.1. The summed E-state index contributed by atoms with van der Waals surface area (Å²) in [5.74, 6) is -0.363. The molecule has 0 spiro atoms. The third-order valence-corrected chi connectivity index (χ3v) is 5.46. The SMILES string of the molecule is CC(C(=O)NCc1ccccc1F)N1CCCC(C(=O)N2CCOCC2)C1. The van der Waals surface area contributed by atoms with E-state index in [9.17, 15) is 14.0 Å². The van der Waals surface area contributed by atoms with E-state index in [1.807, 2.05) is 11.8 Å². The van der Waals surface area contributed by atoms with E-state index >= 15 is 0 Å². The molecule has 3 rings (SSSR count). The molecule has 2 aliphatic heterocycles. The molecule has 1 aromatic carbocycles. The van der Waals surface area contributed by atoms with Crippen molar-refractivity contribution in [2.75, 3.05) is 39.4 Å². The number of rotatable bonds is 5. The van der Waals surface area contributed by atoms with Gasteiger partial charge in [0, 0.05) is 31.7 Å². The minimum absolute atomic E-state index is 0.0707. The first-order valence-electron chi connectivity index (χ1n) is 9.68. The van der Waals surface area contributed by atoms with Gasteiger partial charge >= 0.3 is 0 Å². The molecule has 0 saturated carbocycles. The predicted molar refractivity (Wildman–Crippen MR) is 99.4 cm³/mol. The third-order valence-electron chi connectivity index (χ3n) is 5.46. The minimum Gasteiger partial charge on any atom is -0.378 e. The van der Waals surface area contributed by atoms with Crippen molar-refractivity contribution in [2.24, 2.45) is 5.92 Å². The van der Waals surface area contributed by atoms with Crippen LogP contribution >= 0.6 is 0 Å². The minimum atomic E-state index is -0.350. The average Bonchev–Trinajstić information content (AvgIpc) is 2.72. The van der Waals surface area contributed by atoms with E-state index in [1.165, 1.54) is 6.07 Å². The van der Waals surface area contributed by atoms with Crippen molar-refractivity contribution in [2.45, 2.75) is 32.4 Å². The lowest BCUT2D eigenvalue weighted by Crippen LogP contribution is -2.53. The molecule has 27 heavy (non-hydrogen) atoms. The zero-order valence-corrected chi connectivity index (χ0v) is 15.8. The largest absolute Gasteiger partial charge is 0.378 e. The Labute approximate surface area is 159 Å². The van der Waals surface area contributed by atoms with E-state index < -0.39 is 0 Å².